The summed E-state index contributed by atoms with van der Waals surface area (Å²) in [5.41, 5.74) is 1.93. The Hall–Kier alpha value is -2.11. The van der Waals surface area contributed by atoms with Crippen LogP contribution in [0.25, 0.3) is 0 Å². The summed E-state index contributed by atoms with van der Waals surface area (Å²) >= 11 is 12.8. The molecule has 182 valence electrons. The van der Waals surface area contributed by atoms with Gasteiger partial charge in [-0.25, -0.2) is 0 Å². The van der Waals surface area contributed by atoms with E-state index in [0.717, 1.165) is 61.2 Å². The first-order valence-electron chi connectivity index (χ1n) is 12.5. The van der Waals surface area contributed by atoms with Crippen LogP contribution in [-0.2, 0) is 10.5 Å². The monoisotopic (exact) mass is 501 g/mol. The number of hydrogen-bond acceptors (Lipinski definition) is 4. The van der Waals surface area contributed by atoms with Gasteiger partial charge < -0.3 is 20.7 Å². The lowest BCUT2D eigenvalue weighted by Crippen LogP contribution is -2.56. The van der Waals surface area contributed by atoms with Crippen molar-refractivity contribution in [3.8, 4) is 5.75 Å². The van der Waals surface area contributed by atoms with Gasteiger partial charge in [0.2, 0.25) is 5.91 Å². The highest BCUT2D eigenvalue weighted by molar-refractivity contribution is 6.42. The summed E-state index contributed by atoms with van der Waals surface area (Å²) in [6, 6.07) is 11.9. The molecule has 2 fully saturated rings. The van der Waals surface area contributed by atoms with Crippen molar-refractivity contribution in [2.75, 3.05) is 17.7 Å². The summed E-state index contributed by atoms with van der Waals surface area (Å²) in [5.74, 6) is 0.827. The molecule has 1 aliphatic heterocycles. The number of methoxy groups -OCH3 is 1. The highest BCUT2D eigenvalue weighted by Gasteiger charge is 2.52. The van der Waals surface area contributed by atoms with Crippen LogP contribution in [0.15, 0.2) is 36.4 Å². The molecule has 0 bridgehead atoms. The largest absolute Gasteiger partial charge is 0.497 e. The van der Waals surface area contributed by atoms with Gasteiger partial charge in [-0.15, -0.1) is 0 Å². The number of benzene rings is 2. The van der Waals surface area contributed by atoms with Gasteiger partial charge in [0.15, 0.2) is 0 Å². The van der Waals surface area contributed by atoms with Crippen molar-refractivity contribution >= 4 is 40.5 Å². The molecular weight excluding hydrogens is 469 g/mol. The van der Waals surface area contributed by atoms with Crippen molar-refractivity contribution in [3.63, 3.8) is 0 Å². The molecule has 1 amide bonds. The first-order valence-corrected chi connectivity index (χ1v) is 13.3. The third-order valence-electron chi connectivity index (χ3n) is 7.84. The molecule has 2 aromatic carbocycles. The van der Waals surface area contributed by atoms with E-state index in [-0.39, 0.29) is 23.8 Å². The second-order valence-electron chi connectivity index (χ2n) is 9.96. The lowest BCUT2D eigenvalue weighted by atomic mass is 9.75. The summed E-state index contributed by atoms with van der Waals surface area (Å²) in [6.45, 7) is 0. The van der Waals surface area contributed by atoms with Crippen LogP contribution in [0, 0.1) is 11.8 Å². The van der Waals surface area contributed by atoms with Gasteiger partial charge in [-0.3, -0.25) is 4.79 Å². The third-order valence-corrected chi connectivity index (χ3v) is 8.58. The Kier molecular flexibility index (Phi) is 6.85. The molecule has 0 radical (unpaired) electrons. The van der Waals surface area contributed by atoms with E-state index in [2.05, 4.69) is 16.0 Å². The molecule has 1 heterocycles. The van der Waals surface area contributed by atoms with Crippen LogP contribution in [0.3, 0.4) is 0 Å². The summed E-state index contributed by atoms with van der Waals surface area (Å²) in [5, 5.41) is 11.9. The number of carbonyl (C=O) groups is 1. The number of rotatable bonds is 6. The Labute approximate surface area is 211 Å². The average Bonchev–Trinajstić information content (AvgIpc) is 3.50. The number of fused-ring (bicyclic) bond motifs is 1. The number of nitrogens with one attached hydrogen (secondary N) is 3. The van der Waals surface area contributed by atoms with Gasteiger partial charge in [0.25, 0.3) is 0 Å². The minimum absolute atomic E-state index is 0.115. The summed E-state index contributed by atoms with van der Waals surface area (Å²) < 4.78 is 5.47. The highest BCUT2D eigenvalue weighted by Crippen LogP contribution is 2.50. The Morgan fingerprint density at radius 3 is 2.35 bits per heavy atom. The smallest absolute Gasteiger partial charge is 0.228 e. The molecule has 0 aromatic heterocycles. The number of halogens is 2. The van der Waals surface area contributed by atoms with Crippen molar-refractivity contribution in [2.45, 2.75) is 69.5 Å². The maximum atomic E-state index is 14.1. The highest BCUT2D eigenvalue weighted by atomic mass is 35.5. The normalized spacial score (nSPS) is 23.6. The molecule has 2 saturated carbocycles. The number of hydrogen-bond donors (Lipinski definition) is 3. The molecule has 2 atom stereocenters. The molecule has 3 N–H and O–H groups in total. The van der Waals surface area contributed by atoms with Crippen molar-refractivity contribution in [2.24, 2.45) is 11.8 Å². The molecule has 34 heavy (non-hydrogen) atoms. The van der Waals surface area contributed by atoms with Crippen LogP contribution in [0.2, 0.25) is 10.0 Å². The fraction of sp³-hybridized carbons (Fsp3) is 0.519. The second kappa shape index (κ2) is 9.87. The van der Waals surface area contributed by atoms with Crippen LogP contribution in [0.1, 0.15) is 63.4 Å². The van der Waals surface area contributed by atoms with Crippen LogP contribution in [0.4, 0.5) is 11.4 Å². The zero-order valence-corrected chi connectivity index (χ0v) is 21.1. The Morgan fingerprint density at radius 1 is 0.941 bits per heavy atom. The zero-order chi connectivity index (χ0) is 23.7. The summed E-state index contributed by atoms with van der Waals surface area (Å²) in [7, 11) is 1.66. The van der Waals surface area contributed by atoms with Gasteiger partial charge >= 0.3 is 0 Å². The number of anilines is 2. The SMILES string of the molecule is COc1ccc2c(c1)NC(c1ccc(Cl)c(Cl)c1)(C(C(=O)NC1CCCCC1)C1CCCC1)N2. The van der Waals surface area contributed by atoms with Gasteiger partial charge in [0.1, 0.15) is 11.4 Å². The first kappa shape index (κ1) is 23.6. The van der Waals surface area contributed by atoms with Gasteiger partial charge in [-0.2, -0.15) is 0 Å². The quantitative estimate of drug-likeness (QED) is 0.400. The van der Waals surface area contributed by atoms with E-state index >= 15 is 0 Å². The number of ether oxygens (including phenoxy) is 1. The molecule has 0 spiro atoms. The van der Waals surface area contributed by atoms with Gasteiger partial charge in [-0.05, 0) is 61.4 Å². The molecule has 5 nitrogen and oxygen atoms in total. The Bertz CT molecular complexity index is 1050. The van der Waals surface area contributed by atoms with Gasteiger partial charge in [0.05, 0.1) is 34.4 Å². The fourth-order valence-corrected chi connectivity index (χ4v) is 6.43. The number of amides is 1. The standard InChI is InChI=1S/C27H33Cl2N3O2/c1-34-20-12-14-23-24(16-20)32-27(31-23,18-11-13-21(28)22(29)15-18)25(17-7-5-6-8-17)26(33)30-19-9-3-2-4-10-19/h11-17,19,25,31-32H,2-10H2,1H3,(H,30,33). The predicted molar refractivity (Wildman–Crippen MR) is 139 cm³/mol. The molecule has 5 rings (SSSR count). The van der Waals surface area contributed by atoms with E-state index in [9.17, 15) is 4.79 Å². The van der Waals surface area contributed by atoms with E-state index in [1.807, 2.05) is 36.4 Å². The van der Waals surface area contributed by atoms with Gasteiger partial charge in [0, 0.05) is 12.1 Å². The molecular formula is C27H33Cl2N3O2. The molecule has 3 aliphatic rings. The van der Waals surface area contributed by atoms with Crippen LogP contribution in [0.5, 0.6) is 5.75 Å². The second-order valence-corrected chi connectivity index (χ2v) is 10.8. The average molecular weight is 502 g/mol. The summed E-state index contributed by atoms with van der Waals surface area (Å²) in [4.78, 5) is 14.1. The lowest BCUT2D eigenvalue weighted by Gasteiger charge is -2.42. The van der Waals surface area contributed by atoms with Crippen LogP contribution >= 0.6 is 23.2 Å². The maximum Gasteiger partial charge on any atom is 0.228 e. The Balaban J connectivity index is 1.58. The fourth-order valence-electron chi connectivity index (χ4n) is 6.13. The van der Waals surface area contributed by atoms with E-state index in [4.69, 9.17) is 27.9 Å². The van der Waals surface area contributed by atoms with Crippen molar-refractivity contribution in [3.05, 3.63) is 52.0 Å². The van der Waals surface area contributed by atoms with E-state index < -0.39 is 5.66 Å². The van der Waals surface area contributed by atoms with E-state index in [1.165, 1.54) is 19.3 Å². The lowest BCUT2D eigenvalue weighted by molar-refractivity contribution is -0.129. The van der Waals surface area contributed by atoms with Crippen molar-refractivity contribution in [1.82, 2.24) is 5.32 Å². The maximum absolute atomic E-state index is 14.1. The van der Waals surface area contributed by atoms with Crippen molar-refractivity contribution in [1.29, 1.82) is 0 Å². The van der Waals surface area contributed by atoms with E-state index in [1.54, 1.807) is 7.11 Å². The minimum Gasteiger partial charge on any atom is -0.497 e. The zero-order valence-electron chi connectivity index (χ0n) is 19.6. The molecule has 0 saturated heterocycles. The van der Waals surface area contributed by atoms with Crippen LogP contribution in [-0.4, -0.2) is 19.1 Å². The van der Waals surface area contributed by atoms with Crippen LogP contribution < -0.4 is 20.7 Å². The summed E-state index contributed by atoms with van der Waals surface area (Å²) in [6.07, 6.45) is 10.1. The predicted octanol–water partition coefficient (Wildman–Crippen LogP) is 6.95. The first-order chi connectivity index (χ1) is 16.5. The number of carbonyl (C=O) groups excluding carboxylic acids is 1. The molecule has 2 aromatic rings. The van der Waals surface area contributed by atoms with E-state index in [0.29, 0.717) is 10.0 Å². The molecule has 2 aliphatic carbocycles. The topological polar surface area (TPSA) is 62.4 Å². The minimum atomic E-state index is -0.837. The molecule has 7 heteroatoms. The van der Waals surface area contributed by atoms with Crippen molar-refractivity contribution < 1.29 is 9.53 Å². The molecule has 2 unspecified atom stereocenters. The third kappa shape index (κ3) is 4.45. The Morgan fingerprint density at radius 2 is 1.65 bits per heavy atom. The van der Waals surface area contributed by atoms with Gasteiger partial charge in [-0.1, -0.05) is 61.4 Å².